The Labute approximate surface area is 81.2 Å². The van der Waals surface area contributed by atoms with Crippen molar-refractivity contribution >= 4 is 17.3 Å². The van der Waals surface area contributed by atoms with Crippen LogP contribution in [0.5, 0.6) is 0 Å². The van der Waals surface area contributed by atoms with E-state index >= 15 is 0 Å². The number of carboxylic acids is 1. The number of carbonyl (C=O) groups is 1. The number of hydrogen-bond donors (Lipinski definition) is 1. The summed E-state index contributed by atoms with van der Waals surface area (Å²) in [5.74, 6) is -0.910. The summed E-state index contributed by atoms with van der Waals surface area (Å²) in [5.41, 5.74) is 1.07. The second-order valence-electron chi connectivity index (χ2n) is 3.52. The zero-order valence-electron chi connectivity index (χ0n) is 7.54. The highest BCUT2D eigenvalue weighted by atomic mass is 32.1. The van der Waals surface area contributed by atoms with Crippen LogP contribution < -0.4 is 0 Å². The second-order valence-corrected chi connectivity index (χ2v) is 4.86. The molecule has 0 amide bonds. The highest BCUT2D eigenvalue weighted by molar-refractivity contribution is 7.12. The first-order chi connectivity index (χ1) is 6.18. The van der Waals surface area contributed by atoms with Gasteiger partial charge in [0.1, 0.15) is 0 Å². The molecule has 0 aromatic carbocycles. The molecule has 0 fully saturated rings. The van der Waals surface area contributed by atoms with Crippen molar-refractivity contribution in [1.29, 1.82) is 0 Å². The Morgan fingerprint density at radius 3 is 3.15 bits per heavy atom. The van der Waals surface area contributed by atoms with E-state index in [2.05, 4.69) is 0 Å². The third kappa shape index (κ3) is 1.48. The van der Waals surface area contributed by atoms with Crippen molar-refractivity contribution in [2.75, 3.05) is 0 Å². The minimum Gasteiger partial charge on any atom is -0.481 e. The Morgan fingerprint density at radius 1 is 1.69 bits per heavy atom. The number of fused-ring (bicyclic) bond motifs is 1. The van der Waals surface area contributed by atoms with Gasteiger partial charge in [0.25, 0.3) is 0 Å². The molecular weight excluding hydrogens is 184 g/mol. The molecule has 1 aliphatic carbocycles. The summed E-state index contributed by atoms with van der Waals surface area (Å²) in [4.78, 5) is 13.5. The molecule has 3 heteroatoms. The molecule has 1 unspecified atom stereocenters. The van der Waals surface area contributed by atoms with Crippen molar-refractivity contribution < 1.29 is 9.90 Å². The van der Waals surface area contributed by atoms with Gasteiger partial charge in [0.05, 0.1) is 5.92 Å². The van der Waals surface area contributed by atoms with Gasteiger partial charge in [-0.05, 0) is 37.8 Å². The SMILES string of the molecule is Cc1cc2c(s1)CCCC2C(=O)O. The van der Waals surface area contributed by atoms with Gasteiger partial charge < -0.3 is 5.11 Å². The lowest BCUT2D eigenvalue weighted by molar-refractivity contribution is -0.139. The van der Waals surface area contributed by atoms with Crippen LogP contribution in [0, 0.1) is 6.92 Å². The van der Waals surface area contributed by atoms with Crippen LogP contribution in [-0.2, 0) is 11.2 Å². The van der Waals surface area contributed by atoms with Crippen LogP contribution in [0.2, 0.25) is 0 Å². The third-order valence-corrected chi connectivity index (χ3v) is 3.66. The maximum absolute atomic E-state index is 10.9. The minimum absolute atomic E-state index is 0.242. The molecule has 13 heavy (non-hydrogen) atoms. The van der Waals surface area contributed by atoms with Gasteiger partial charge in [-0.2, -0.15) is 0 Å². The lowest BCUT2D eigenvalue weighted by atomic mass is 9.88. The molecule has 0 saturated carbocycles. The lowest BCUT2D eigenvalue weighted by Crippen LogP contribution is -2.15. The Balaban J connectivity index is 2.41. The Kier molecular flexibility index (Phi) is 2.12. The zero-order chi connectivity index (χ0) is 9.42. The van der Waals surface area contributed by atoms with Crippen LogP contribution in [0.15, 0.2) is 6.07 Å². The van der Waals surface area contributed by atoms with Gasteiger partial charge in [-0.15, -0.1) is 11.3 Å². The van der Waals surface area contributed by atoms with Crippen molar-refractivity contribution in [2.24, 2.45) is 0 Å². The number of carboxylic acid groups (broad SMARTS) is 1. The minimum atomic E-state index is -0.668. The molecular formula is C10H12O2S. The van der Waals surface area contributed by atoms with E-state index < -0.39 is 5.97 Å². The zero-order valence-corrected chi connectivity index (χ0v) is 8.36. The van der Waals surface area contributed by atoms with Crippen molar-refractivity contribution in [2.45, 2.75) is 32.1 Å². The van der Waals surface area contributed by atoms with E-state index in [9.17, 15) is 4.79 Å². The molecule has 1 aliphatic rings. The average molecular weight is 196 g/mol. The quantitative estimate of drug-likeness (QED) is 0.749. The van der Waals surface area contributed by atoms with Crippen LogP contribution in [0.3, 0.4) is 0 Å². The van der Waals surface area contributed by atoms with Gasteiger partial charge in [0.15, 0.2) is 0 Å². The van der Waals surface area contributed by atoms with Crippen LogP contribution >= 0.6 is 11.3 Å². The van der Waals surface area contributed by atoms with E-state index in [1.165, 1.54) is 9.75 Å². The standard InChI is InChI=1S/C10H12O2S/c1-6-5-8-7(10(11)12)3-2-4-9(8)13-6/h5,7H,2-4H2,1H3,(H,11,12). The maximum Gasteiger partial charge on any atom is 0.311 e. The summed E-state index contributed by atoms with van der Waals surface area (Å²) >= 11 is 1.75. The third-order valence-electron chi connectivity index (χ3n) is 2.54. The van der Waals surface area contributed by atoms with Crippen molar-refractivity contribution in [3.63, 3.8) is 0 Å². The summed E-state index contributed by atoms with van der Waals surface area (Å²) in [5, 5.41) is 9.00. The Morgan fingerprint density at radius 2 is 2.46 bits per heavy atom. The van der Waals surface area contributed by atoms with Crippen LogP contribution in [-0.4, -0.2) is 11.1 Å². The van der Waals surface area contributed by atoms with Gasteiger partial charge in [-0.3, -0.25) is 4.79 Å². The second kappa shape index (κ2) is 3.14. The predicted molar refractivity (Wildman–Crippen MR) is 52.4 cm³/mol. The van der Waals surface area contributed by atoms with Gasteiger partial charge >= 0.3 is 5.97 Å². The smallest absolute Gasteiger partial charge is 0.311 e. The first kappa shape index (κ1) is 8.75. The van der Waals surface area contributed by atoms with E-state index in [-0.39, 0.29) is 5.92 Å². The van der Waals surface area contributed by atoms with Gasteiger partial charge in [-0.25, -0.2) is 0 Å². The van der Waals surface area contributed by atoms with Crippen LogP contribution in [0.4, 0.5) is 0 Å². The topological polar surface area (TPSA) is 37.3 Å². The molecule has 1 heterocycles. The number of rotatable bonds is 1. The van der Waals surface area contributed by atoms with Crippen molar-refractivity contribution in [1.82, 2.24) is 0 Å². The van der Waals surface area contributed by atoms with E-state index in [0.717, 1.165) is 24.8 Å². The van der Waals surface area contributed by atoms with Gasteiger partial charge in [0, 0.05) is 9.75 Å². The number of hydrogen-bond acceptors (Lipinski definition) is 2. The fourth-order valence-electron chi connectivity index (χ4n) is 1.95. The summed E-state index contributed by atoms with van der Waals surface area (Å²) in [6.07, 6.45) is 2.89. The first-order valence-corrected chi connectivity index (χ1v) is 5.32. The molecule has 0 radical (unpaired) electrons. The largest absolute Gasteiger partial charge is 0.481 e. The summed E-state index contributed by atoms with van der Waals surface area (Å²) in [7, 11) is 0. The van der Waals surface area contributed by atoms with Crippen LogP contribution in [0.1, 0.15) is 34.1 Å². The molecule has 0 saturated heterocycles. The highest BCUT2D eigenvalue weighted by Crippen LogP contribution is 2.36. The molecule has 0 spiro atoms. The van der Waals surface area contributed by atoms with Crippen molar-refractivity contribution in [3.8, 4) is 0 Å². The molecule has 1 aromatic rings. The van der Waals surface area contributed by atoms with E-state index in [1.54, 1.807) is 11.3 Å². The monoisotopic (exact) mass is 196 g/mol. The molecule has 2 rings (SSSR count). The molecule has 1 atom stereocenters. The fraction of sp³-hybridized carbons (Fsp3) is 0.500. The molecule has 1 N–H and O–H groups in total. The Bertz CT molecular complexity index is 341. The normalized spacial score (nSPS) is 21.2. The molecule has 2 nitrogen and oxygen atoms in total. The number of thiophene rings is 1. The first-order valence-electron chi connectivity index (χ1n) is 4.50. The predicted octanol–water partition coefficient (Wildman–Crippen LogP) is 2.56. The molecule has 1 aromatic heterocycles. The van der Waals surface area contributed by atoms with Crippen molar-refractivity contribution in [3.05, 3.63) is 21.4 Å². The van der Waals surface area contributed by atoms with Crippen LogP contribution in [0.25, 0.3) is 0 Å². The fourth-order valence-corrected chi connectivity index (χ4v) is 3.09. The Hall–Kier alpha value is -0.830. The maximum atomic E-state index is 10.9. The number of aliphatic carboxylic acids is 1. The van der Waals surface area contributed by atoms with Gasteiger partial charge in [-0.1, -0.05) is 0 Å². The van der Waals surface area contributed by atoms with E-state index in [0.29, 0.717) is 0 Å². The summed E-state index contributed by atoms with van der Waals surface area (Å²) in [6, 6.07) is 2.04. The molecule has 70 valence electrons. The average Bonchev–Trinajstić information content (AvgIpc) is 2.43. The molecule has 0 aliphatic heterocycles. The van der Waals surface area contributed by atoms with E-state index in [1.807, 2.05) is 13.0 Å². The molecule has 0 bridgehead atoms. The van der Waals surface area contributed by atoms with E-state index in [4.69, 9.17) is 5.11 Å². The highest BCUT2D eigenvalue weighted by Gasteiger charge is 2.27. The summed E-state index contributed by atoms with van der Waals surface area (Å²) < 4.78 is 0. The number of aryl methyl sites for hydroxylation is 2. The summed E-state index contributed by atoms with van der Waals surface area (Å²) in [6.45, 7) is 2.04. The van der Waals surface area contributed by atoms with Gasteiger partial charge in [0.2, 0.25) is 0 Å². The lowest BCUT2D eigenvalue weighted by Gasteiger charge is -2.17.